The third-order valence-electron chi connectivity index (χ3n) is 3.94. The molecule has 6 nitrogen and oxygen atoms in total. The van der Waals surface area contributed by atoms with Crippen LogP contribution < -0.4 is 4.74 Å². The Balaban J connectivity index is 2.35. The summed E-state index contributed by atoms with van der Waals surface area (Å²) in [5, 5.41) is 0. The first-order chi connectivity index (χ1) is 12.6. The highest BCUT2D eigenvalue weighted by molar-refractivity contribution is 7.89. The molecule has 1 amide bonds. The highest BCUT2D eigenvalue weighted by atomic mass is 32.2. The summed E-state index contributed by atoms with van der Waals surface area (Å²) in [6.07, 6.45) is 0. The Bertz CT molecular complexity index is 962. The Morgan fingerprint density at radius 2 is 1.74 bits per heavy atom. The molecule has 0 atom stereocenters. The number of nitrogens with zero attached hydrogens (tertiary/aromatic N) is 2. The molecule has 0 spiro atoms. The van der Waals surface area contributed by atoms with Crippen LogP contribution in [0.4, 0.5) is 8.78 Å². The second-order valence-electron chi connectivity index (χ2n) is 6.05. The number of hydrogen-bond acceptors (Lipinski definition) is 4. The van der Waals surface area contributed by atoms with Gasteiger partial charge in [0.2, 0.25) is 10.0 Å². The minimum atomic E-state index is -3.84. The zero-order chi connectivity index (χ0) is 20.4. The van der Waals surface area contributed by atoms with E-state index in [2.05, 4.69) is 0 Å². The van der Waals surface area contributed by atoms with Gasteiger partial charge in [-0.15, -0.1) is 0 Å². The normalized spacial score (nSPS) is 11.5. The van der Waals surface area contributed by atoms with Crippen LogP contribution >= 0.6 is 0 Å². The Labute approximate surface area is 157 Å². The highest BCUT2D eigenvalue weighted by Crippen LogP contribution is 2.27. The first kappa shape index (κ1) is 20.8. The number of carbonyl (C=O) groups excluding carboxylic acids is 1. The summed E-state index contributed by atoms with van der Waals surface area (Å²) in [7, 11) is 1.67. The molecule has 2 rings (SSSR count). The van der Waals surface area contributed by atoms with Gasteiger partial charge in [0, 0.05) is 44.9 Å². The zero-order valence-corrected chi connectivity index (χ0v) is 16.2. The van der Waals surface area contributed by atoms with Crippen LogP contribution in [-0.4, -0.2) is 51.8 Å². The van der Waals surface area contributed by atoms with Gasteiger partial charge in [0.25, 0.3) is 5.91 Å². The highest BCUT2D eigenvalue weighted by Gasteiger charge is 2.25. The predicted molar refractivity (Wildman–Crippen MR) is 96.0 cm³/mol. The number of benzene rings is 2. The summed E-state index contributed by atoms with van der Waals surface area (Å²) < 4.78 is 57.8. The van der Waals surface area contributed by atoms with Crippen LogP contribution in [0.1, 0.15) is 15.9 Å². The topological polar surface area (TPSA) is 66.9 Å². The van der Waals surface area contributed by atoms with Crippen molar-refractivity contribution >= 4 is 15.9 Å². The maximum Gasteiger partial charge on any atom is 0.253 e. The van der Waals surface area contributed by atoms with Crippen LogP contribution in [0.2, 0.25) is 0 Å². The Morgan fingerprint density at radius 3 is 2.30 bits per heavy atom. The van der Waals surface area contributed by atoms with E-state index in [1.807, 2.05) is 0 Å². The molecular weight excluding hydrogens is 378 g/mol. The first-order valence-corrected chi connectivity index (χ1v) is 9.32. The molecule has 0 N–H and O–H groups in total. The average Bonchev–Trinajstić information content (AvgIpc) is 2.62. The number of methoxy groups -OCH3 is 1. The van der Waals surface area contributed by atoms with E-state index in [9.17, 15) is 22.0 Å². The lowest BCUT2D eigenvalue weighted by atomic mass is 10.1. The third kappa shape index (κ3) is 4.42. The van der Waals surface area contributed by atoms with Gasteiger partial charge >= 0.3 is 0 Å². The van der Waals surface area contributed by atoms with Crippen LogP contribution in [-0.2, 0) is 16.6 Å². The molecular formula is C18H20F2N2O4S. The Kier molecular flexibility index (Phi) is 6.17. The van der Waals surface area contributed by atoms with Crippen molar-refractivity contribution in [3.05, 3.63) is 59.2 Å². The summed E-state index contributed by atoms with van der Waals surface area (Å²) in [4.78, 5) is 13.7. The second-order valence-corrected chi connectivity index (χ2v) is 8.17. The van der Waals surface area contributed by atoms with E-state index in [0.29, 0.717) is 0 Å². The molecule has 0 saturated heterocycles. The maximum absolute atomic E-state index is 13.8. The van der Waals surface area contributed by atoms with Gasteiger partial charge in [-0.3, -0.25) is 4.79 Å². The van der Waals surface area contributed by atoms with Crippen molar-refractivity contribution in [2.45, 2.75) is 11.4 Å². The van der Waals surface area contributed by atoms with Crippen molar-refractivity contribution in [3.8, 4) is 5.75 Å². The van der Waals surface area contributed by atoms with Crippen LogP contribution in [0.25, 0.3) is 0 Å². The van der Waals surface area contributed by atoms with E-state index in [1.165, 1.54) is 57.4 Å². The third-order valence-corrected chi connectivity index (χ3v) is 5.77. The Hall–Kier alpha value is -2.52. The summed E-state index contributed by atoms with van der Waals surface area (Å²) in [6.45, 7) is -0.104. The van der Waals surface area contributed by atoms with Gasteiger partial charge in [0.15, 0.2) is 0 Å². The number of amides is 1. The van der Waals surface area contributed by atoms with Crippen molar-refractivity contribution in [1.29, 1.82) is 0 Å². The summed E-state index contributed by atoms with van der Waals surface area (Å²) in [5.41, 5.74) is 0.239. The number of halogens is 2. The lowest BCUT2D eigenvalue weighted by Gasteiger charge is -2.19. The van der Waals surface area contributed by atoms with Crippen molar-refractivity contribution < 1.29 is 26.7 Å². The fourth-order valence-electron chi connectivity index (χ4n) is 2.41. The monoisotopic (exact) mass is 398 g/mol. The molecule has 0 aliphatic heterocycles. The molecule has 0 unspecified atom stereocenters. The van der Waals surface area contributed by atoms with E-state index in [4.69, 9.17) is 4.74 Å². The number of carbonyl (C=O) groups is 1. The van der Waals surface area contributed by atoms with Gasteiger partial charge in [-0.1, -0.05) is 6.07 Å². The number of sulfonamides is 1. The van der Waals surface area contributed by atoms with Gasteiger partial charge in [-0.25, -0.2) is 21.5 Å². The number of hydrogen-bond donors (Lipinski definition) is 0. The lowest BCUT2D eigenvalue weighted by Crippen LogP contribution is -2.27. The number of rotatable bonds is 6. The molecule has 2 aromatic carbocycles. The SMILES string of the molecule is COc1ccc(C(=O)N(C)Cc2ccc(F)cc2F)cc1S(=O)(=O)N(C)C. The van der Waals surface area contributed by atoms with Crippen molar-refractivity contribution in [3.63, 3.8) is 0 Å². The van der Waals surface area contributed by atoms with E-state index in [1.54, 1.807) is 0 Å². The second kappa shape index (κ2) is 8.01. The minimum absolute atomic E-state index is 0.0984. The van der Waals surface area contributed by atoms with Gasteiger partial charge in [0.1, 0.15) is 22.3 Å². The standard InChI is InChI=1S/C18H20F2N2O4S/c1-21(2)27(24,25)17-9-12(6-8-16(17)26-4)18(23)22(3)11-13-5-7-14(19)10-15(13)20/h5-10H,11H2,1-4H3. The zero-order valence-electron chi connectivity index (χ0n) is 15.4. The molecule has 9 heteroatoms. The van der Waals surface area contributed by atoms with Crippen molar-refractivity contribution in [2.75, 3.05) is 28.3 Å². The van der Waals surface area contributed by atoms with Gasteiger partial charge in [0.05, 0.1) is 7.11 Å². The number of ether oxygens (including phenoxy) is 1. The average molecular weight is 398 g/mol. The van der Waals surface area contributed by atoms with Crippen LogP contribution in [0.3, 0.4) is 0 Å². The molecule has 0 bridgehead atoms. The smallest absolute Gasteiger partial charge is 0.253 e. The molecule has 0 aliphatic rings. The van der Waals surface area contributed by atoms with Gasteiger partial charge in [-0.05, 0) is 24.3 Å². The summed E-state index contributed by atoms with van der Waals surface area (Å²) >= 11 is 0. The van der Waals surface area contributed by atoms with Crippen molar-refractivity contribution in [2.24, 2.45) is 0 Å². The maximum atomic E-state index is 13.8. The molecule has 0 aromatic heterocycles. The van der Waals surface area contributed by atoms with Crippen LogP contribution in [0, 0.1) is 11.6 Å². The molecule has 27 heavy (non-hydrogen) atoms. The molecule has 0 fully saturated rings. The first-order valence-electron chi connectivity index (χ1n) is 7.88. The van der Waals surface area contributed by atoms with E-state index in [0.717, 1.165) is 16.4 Å². The van der Waals surface area contributed by atoms with Crippen molar-refractivity contribution in [1.82, 2.24) is 9.21 Å². The predicted octanol–water partition coefficient (Wildman–Crippen LogP) is 2.50. The molecule has 0 saturated carbocycles. The lowest BCUT2D eigenvalue weighted by molar-refractivity contribution is 0.0783. The minimum Gasteiger partial charge on any atom is -0.495 e. The quantitative estimate of drug-likeness (QED) is 0.750. The fraction of sp³-hybridized carbons (Fsp3) is 0.278. The largest absolute Gasteiger partial charge is 0.495 e. The molecule has 2 aromatic rings. The molecule has 0 heterocycles. The van der Waals surface area contributed by atoms with Crippen LogP contribution in [0.15, 0.2) is 41.3 Å². The van der Waals surface area contributed by atoms with Crippen LogP contribution in [0.5, 0.6) is 5.75 Å². The molecule has 0 aliphatic carbocycles. The van der Waals surface area contributed by atoms with E-state index < -0.39 is 27.6 Å². The van der Waals surface area contributed by atoms with Gasteiger partial charge in [-0.2, -0.15) is 0 Å². The summed E-state index contributed by atoms with van der Waals surface area (Å²) in [6, 6.07) is 7.12. The van der Waals surface area contributed by atoms with Gasteiger partial charge < -0.3 is 9.64 Å². The van der Waals surface area contributed by atoms with E-state index in [-0.39, 0.29) is 28.3 Å². The van der Waals surface area contributed by atoms with E-state index >= 15 is 0 Å². The summed E-state index contributed by atoms with van der Waals surface area (Å²) in [5.74, 6) is -1.89. The molecule has 146 valence electrons. The fourth-order valence-corrected chi connectivity index (χ4v) is 3.48. The molecule has 0 radical (unpaired) electrons. The Morgan fingerprint density at radius 1 is 1.07 bits per heavy atom.